The van der Waals surface area contributed by atoms with Crippen molar-refractivity contribution in [2.45, 2.75) is 45.4 Å². The standard InChI is InChI=1S/C16H23NO2/c1-12-14(8-5-9-15(12)18)16(19)17-11-10-13-6-3-2-4-7-13/h5,8-9,13,18H,2-4,6-7,10-11H2,1H3,(H,17,19). The molecule has 1 aliphatic rings. The zero-order valence-corrected chi connectivity index (χ0v) is 11.6. The van der Waals surface area contributed by atoms with Gasteiger partial charge >= 0.3 is 0 Å². The van der Waals surface area contributed by atoms with Crippen LogP contribution in [-0.4, -0.2) is 17.6 Å². The van der Waals surface area contributed by atoms with Gasteiger partial charge in [0, 0.05) is 17.7 Å². The highest BCUT2D eigenvalue weighted by Gasteiger charge is 2.14. The number of phenolic OH excluding ortho intramolecular Hbond substituents is 1. The number of hydrogen-bond donors (Lipinski definition) is 2. The maximum absolute atomic E-state index is 12.0. The van der Waals surface area contributed by atoms with Crippen LogP contribution in [0, 0.1) is 12.8 Å². The van der Waals surface area contributed by atoms with Gasteiger partial charge in [-0.15, -0.1) is 0 Å². The molecule has 1 aromatic rings. The van der Waals surface area contributed by atoms with Gasteiger partial charge in [0.2, 0.25) is 0 Å². The summed E-state index contributed by atoms with van der Waals surface area (Å²) >= 11 is 0. The van der Waals surface area contributed by atoms with E-state index in [1.165, 1.54) is 32.1 Å². The van der Waals surface area contributed by atoms with Crippen molar-refractivity contribution in [3.8, 4) is 5.75 Å². The Morgan fingerprint density at radius 2 is 2.05 bits per heavy atom. The third-order valence-corrected chi connectivity index (χ3v) is 4.11. The molecule has 3 nitrogen and oxygen atoms in total. The minimum atomic E-state index is -0.0794. The Bertz CT molecular complexity index is 436. The van der Waals surface area contributed by atoms with Gasteiger partial charge in [-0.1, -0.05) is 38.2 Å². The lowest BCUT2D eigenvalue weighted by Crippen LogP contribution is -2.27. The van der Waals surface area contributed by atoms with Crippen molar-refractivity contribution in [2.24, 2.45) is 5.92 Å². The van der Waals surface area contributed by atoms with Crippen LogP contribution in [0.25, 0.3) is 0 Å². The largest absolute Gasteiger partial charge is 0.508 e. The molecule has 0 saturated heterocycles. The van der Waals surface area contributed by atoms with Crippen molar-refractivity contribution >= 4 is 5.91 Å². The van der Waals surface area contributed by atoms with Crippen LogP contribution < -0.4 is 5.32 Å². The Balaban J connectivity index is 1.82. The van der Waals surface area contributed by atoms with E-state index in [1.54, 1.807) is 25.1 Å². The minimum absolute atomic E-state index is 0.0794. The first-order chi connectivity index (χ1) is 9.18. The van der Waals surface area contributed by atoms with Crippen molar-refractivity contribution in [1.82, 2.24) is 5.32 Å². The van der Waals surface area contributed by atoms with E-state index in [-0.39, 0.29) is 11.7 Å². The number of aromatic hydroxyl groups is 1. The first-order valence-electron chi connectivity index (χ1n) is 7.25. The number of carbonyl (C=O) groups excluding carboxylic acids is 1. The lowest BCUT2D eigenvalue weighted by atomic mass is 9.87. The van der Waals surface area contributed by atoms with Crippen LogP contribution in [0.3, 0.4) is 0 Å². The molecule has 0 unspecified atom stereocenters. The molecule has 2 N–H and O–H groups in total. The predicted octanol–water partition coefficient (Wildman–Crippen LogP) is 3.40. The molecule has 0 aliphatic heterocycles. The Labute approximate surface area is 115 Å². The van der Waals surface area contributed by atoms with Crippen LogP contribution in [0.1, 0.15) is 54.4 Å². The highest BCUT2D eigenvalue weighted by molar-refractivity contribution is 5.96. The quantitative estimate of drug-likeness (QED) is 0.872. The fraction of sp³-hybridized carbons (Fsp3) is 0.562. The van der Waals surface area contributed by atoms with E-state index in [0.717, 1.165) is 18.9 Å². The van der Waals surface area contributed by atoms with Crippen molar-refractivity contribution in [3.63, 3.8) is 0 Å². The molecule has 1 amide bonds. The Kier molecular flexibility index (Phi) is 4.83. The van der Waals surface area contributed by atoms with Crippen LogP contribution in [0.4, 0.5) is 0 Å². The fourth-order valence-corrected chi connectivity index (χ4v) is 2.83. The smallest absolute Gasteiger partial charge is 0.251 e. The average molecular weight is 261 g/mol. The summed E-state index contributed by atoms with van der Waals surface area (Å²) in [7, 11) is 0. The molecule has 0 bridgehead atoms. The van der Waals surface area contributed by atoms with Crippen LogP contribution in [-0.2, 0) is 0 Å². The van der Waals surface area contributed by atoms with Gasteiger partial charge in [-0.3, -0.25) is 4.79 Å². The molecule has 3 heteroatoms. The summed E-state index contributed by atoms with van der Waals surface area (Å²) in [6.45, 7) is 2.50. The van der Waals surface area contributed by atoms with Crippen LogP contribution in [0.5, 0.6) is 5.75 Å². The summed E-state index contributed by atoms with van der Waals surface area (Å²) in [6, 6.07) is 5.07. The summed E-state index contributed by atoms with van der Waals surface area (Å²) in [4.78, 5) is 12.0. The fourth-order valence-electron chi connectivity index (χ4n) is 2.83. The van der Waals surface area contributed by atoms with Gasteiger partial charge in [-0.2, -0.15) is 0 Å². The summed E-state index contributed by atoms with van der Waals surface area (Å²) in [5.74, 6) is 0.878. The van der Waals surface area contributed by atoms with Gasteiger partial charge < -0.3 is 10.4 Å². The normalized spacial score (nSPS) is 16.3. The summed E-state index contributed by atoms with van der Waals surface area (Å²) in [5, 5.41) is 12.6. The van der Waals surface area contributed by atoms with Crippen LogP contribution in [0.15, 0.2) is 18.2 Å². The number of nitrogens with one attached hydrogen (secondary N) is 1. The molecular weight excluding hydrogens is 238 g/mol. The van der Waals surface area contributed by atoms with E-state index in [9.17, 15) is 9.90 Å². The van der Waals surface area contributed by atoms with Crippen molar-refractivity contribution in [1.29, 1.82) is 0 Å². The molecule has 1 aliphatic carbocycles. The van der Waals surface area contributed by atoms with Gasteiger partial charge in [-0.25, -0.2) is 0 Å². The van der Waals surface area contributed by atoms with E-state index >= 15 is 0 Å². The third-order valence-electron chi connectivity index (χ3n) is 4.11. The van der Waals surface area contributed by atoms with E-state index < -0.39 is 0 Å². The molecular formula is C16H23NO2. The number of carbonyl (C=O) groups is 1. The second kappa shape index (κ2) is 6.60. The second-order valence-electron chi connectivity index (χ2n) is 5.50. The van der Waals surface area contributed by atoms with E-state index in [4.69, 9.17) is 0 Å². The lowest BCUT2D eigenvalue weighted by Gasteiger charge is -2.21. The summed E-state index contributed by atoms with van der Waals surface area (Å²) in [5.41, 5.74) is 1.22. The molecule has 19 heavy (non-hydrogen) atoms. The minimum Gasteiger partial charge on any atom is -0.508 e. The second-order valence-corrected chi connectivity index (χ2v) is 5.50. The van der Waals surface area contributed by atoms with Crippen LogP contribution >= 0.6 is 0 Å². The third kappa shape index (κ3) is 3.72. The SMILES string of the molecule is Cc1c(O)cccc1C(=O)NCCC1CCCCC1. The molecule has 0 atom stereocenters. The summed E-state index contributed by atoms with van der Waals surface area (Å²) < 4.78 is 0. The topological polar surface area (TPSA) is 49.3 Å². The molecule has 0 radical (unpaired) electrons. The number of hydrogen-bond acceptors (Lipinski definition) is 2. The Morgan fingerprint density at radius 1 is 1.32 bits per heavy atom. The maximum atomic E-state index is 12.0. The first-order valence-corrected chi connectivity index (χ1v) is 7.25. The van der Waals surface area contributed by atoms with Gasteiger partial charge in [0.15, 0.2) is 0 Å². The van der Waals surface area contributed by atoms with Gasteiger partial charge in [0.25, 0.3) is 5.91 Å². The zero-order chi connectivity index (χ0) is 13.7. The molecule has 0 spiro atoms. The van der Waals surface area contributed by atoms with E-state index in [1.807, 2.05) is 0 Å². The van der Waals surface area contributed by atoms with Crippen LogP contribution in [0.2, 0.25) is 0 Å². The van der Waals surface area contributed by atoms with Gasteiger partial charge in [-0.05, 0) is 31.4 Å². The molecule has 1 aromatic carbocycles. The van der Waals surface area contributed by atoms with E-state index in [0.29, 0.717) is 11.1 Å². The van der Waals surface area contributed by atoms with Gasteiger partial charge in [0.05, 0.1) is 0 Å². The van der Waals surface area contributed by atoms with Gasteiger partial charge in [0.1, 0.15) is 5.75 Å². The molecule has 0 heterocycles. The Morgan fingerprint density at radius 3 is 2.79 bits per heavy atom. The average Bonchev–Trinajstić information content (AvgIpc) is 2.43. The monoisotopic (exact) mass is 261 g/mol. The number of amides is 1. The molecule has 0 aromatic heterocycles. The first kappa shape index (κ1) is 13.9. The molecule has 2 rings (SSSR count). The highest BCUT2D eigenvalue weighted by atomic mass is 16.3. The van der Waals surface area contributed by atoms with E-state index in [2.05, 4.69) is 5.32 Å². The molecule has 1 fully saturated rings. The van der Waals surface area contributed by atoms with Crippen molar-refractivity contribution in [2.75, 3.05) is 6.54 Å². The lowest BCUT2D eigenvalue weighted by molar-refractivity contribution is 0.0949. The van der Waals surface area contributed by atoms with Crippen molar-refractivity contribution < 1.29 is 9.90 Å². The summed E-state index contributed by atoms with van der Waals surface area (Å²) in [6.07, 6.45) is 7.73. The maximum Gasteiger partial charge on any atom is 0.251 e. The zero-order valence-electron chi connectivity index (χ0n) is 11.6. The number of phenols is 1. The highest BCUT2D eigenvalue weighted by Crippen LogP contribution is 2.26. The Hall–Kier alpha value is -1.51. The predicted molar refractivity (Wildman–Crippen MR) is 76.4 cm³/mol. The molecule has 104 valence electrons. The van der Waals surface area contributed by atoms with Crippen molar-refractivity contribution in [3.05, 3.63) is 29.3 Å². The molecule has 1 saturated carbocycles. The number of benzene rings is 1. The number of rotatable bonds is 4.